The van der Waals surface area contributed by atoms with E-state index in [1.807, 2.05) is 11.8 Å². The molecule has 0 heterocycles. The molecule has 0 aliphatic heterocycles. The number of hydrogen-bond donors (Lipinski definition) is 1. The molecule has 1 fully saturated rings. The van der Waals surface area contributed by atoms with E-state index in [0.717, 1.165) is 13.1 Å². The number of benzene rings is 1. The number of aryl methyl sites for hydroxylation is 2. The van der Waals surface area contributed by atoms with Gasteiger partial charge in [-0.15, -0.1) is 0 Å². The van der Waals surface area contributed by atoms with Crippen LogP contribution in [-0.4, -0.2) is 17.5 Å². The molecule has 0 spiro atoms. The predicted octanol–water partition coefficient (Wildman–Crippen LogP) is 3.29. The van der Waals surface area contributed by atoms with Crippen LogP contribution in [0.2, 0.25) is 0 Å². The van der Waals surface area contributed by atoms with Crippen molar-refractivity contribution >= 4 is 11.8 Å². The number of nitrogens with one attached hydrogen (secondary N) is 1. The standard InChI is InChI=1S/C14H21NS/c1-11-4-5-12(2)13(8-11)9-15-10-14(16-3)6-7-14/h4-5,8,15H,6-7,9-10H2,1-3H3. The van der Waals surface area contributed by atoms with Gasteiger partial charge in [0.15, 0.2) is 0 Å². The lowest BCUT2D eigenvalue weighted by Crippen LogP contribution is -2.25. The molecule has 0 saturated heterocycles. The van der Waals surface area contributed by atoms with Crippen molar-refractivity contribution in [2.75, 3.05) is 12.8 Å². The Hall–Kier alpha value is -0.470. The molecule has 2 heteroatoms. The number of rotatable bonds is 5. The molecule has 1 N–H and O–H groups in total. The molecule has 0 atom stereocenters. The zero-order chi connectivity index (χ0) is 11.6. The molecule has 0 unspecified atom stereocenters. The first-order valence-electron chi connectivity index (χ1n) is 5.97. The van der Waals surface area contributed by atoms with Crippen LogP contribution in [0.1, 0.15) is 29.5 Å². The largest absolute Gasteiger partial charge is 0.311 e. The highest BCUT2D eigenvalue weighted by Gasteiger charge is 2.41. The van der Waals surface area contributed by atoms with Crippen LogP contribution in [0.5, 0.6) is 0 Å². The average molecular weight is 235 g/mol. The monoisotopic (exact) mass is 235 g/mol. The summed E-state index contributed by atoms with van der Waals surface area (Å²) in [7, 11) is 0. The molecule has 0 radical (unpaired) electrons. The van der Waals surface area contributed by atoms with Gasteiger partial charge in [-0.05, 0) is 44.1 Å². The van der Waals surface area contributed by atoms with Gasteiger partial charge in [0.25, 0.3) is 0 Å². The Kier molecular flexibility index (Phi) is 3.60. The maximum absolute atomic E-state index is 3.60. The van der Waals surface area contributed by atoms with Crippen LogP contribution in [0.4, 0.5) is 0 Å². The molecule has 16 heavy (non-hydrogen) atoms. The second kappa shape index (κ2) is 4.80. The van der Waals surface area contributed by atoms with E-state index in [0.29, 0.717) is 4.75 Å². The lowest BCUT2D eigenvalue weighted by Gasteiger charge is -2.14. The van der Waals surface area contributed by atoms with Crippen molar-refractivity contribution in [3.63, 3.8) is 0 Å². The van der Waals surface area contributed by atoms with E-state index in [4.69, 9.17) is 0 Å². The molecular formula is C14H21NS. The highest BCUT2D eigenvalue weighted by Crippen LogP contribution is 2.46. The van der Waals surface area contributed by atoms with E-state index in [1.165, 1.54) is 29.5 Å². The highest BCUT2D eigenvalue weighted by molar-refractivity contribution is 8.00. The zero-order valence-electron chi connectivity index (χ0n) is 10.5. The van der Waals surface area contributed by atoms with Crippen molar-refractivity contribution in [3.05, 3.63) is 34.9 Å². The minimum atomic E-state index is 0.567. The van der Waals surface area contributed by atoms with E-state index in [2.05, 4.69) is 43.6 Å². The van der Waals surface area contributed by atoms with Gasteiger partial charge in [0.1, 0.15) is 0 Å². The van der Waals surface area contributed by atoms with Crippen molar-refractivity contribution in [1.29, 1.82) is 0 Å². The average Bonchev–Trinajstić information content (AvgIpc) is 3.04. The van der Waals surface area contributed by atoms with Crippen LogP contribution in [0.25, 0.3) is 0 Å². The van der Waals surface area contributed by atoms with Gasteiger partial charge in [-0.3, -0.25) is 0 Å². The maximum atomic E-state index is 3.60. The summed E-state index contributed by atoms with van der Waals surface area (Å²) in [6.07, 6.45) is 4.99. The van der Waals surface area contributed by atoms with Gasteiger partial charge in [-0.2, -0.15) is 11.8 Å². The van der Waals surface area contributed by atoms with Gasteiger partial charge in [0.05, 0.1) is 0 Å². The van der Waals surface area contributed by atoms with E-state index in [1.54, 1.807) is 0 Å². The third-order valence-electron chi connectivity index (χ3n) is 3.51. The van der Waals surface area contributed by atoms with Crippen LogP contribution in [-0.2, 0) is 6.54 Å². The van der Waals surface area contributed by atoms with Crippen LogP contribution in [0.3, 0.4) is 0 Å². The lowest BCUT2D eigenvalue weighted by molar-refractivity contribution is 0.661. The van der Waals surface area contributed by atoms with Crippen molar-refractivity contribution < 1.29 is 0 Å². The summed E-state index contributed by atoms with van der Waals surface area (Å²) in [5.74, 6) is 0. The Morgan fingerprint density at radius 2 is 2.06 bits per heavy atom. The van der Waals surface area contributed by atoms with Crippen LogP contribution < -0.4 is 5.32 Å². The van der Waals surface area contributed by atoms with Gasteiger partial charge in [0.2, 0.25) is 0 Å². The number of hydrogen-bond acceptors (Lipinski definition) is 2. The van der Waals surface area contributed by atoms with Gasteiger partial charge >= 0.3 is 0 Å². The first-order valence-corrected chi connectivity index (χ1v) is 7.20. The summed E-state index contributed by atoms with van der Waals surface area (Å²) < 4.78 is 0.567. The van der Waals surface area contributed by atoms with Gasteiger partial charge in [0, 0.05) is 17.8 Å². The second-order valence-corrected chi connectivity index (χ2v) is 6.19. The van der Waals surface area contributed by atoms with Crippen LogP contribution in [0.15, 0.2) is 18.2 Å². The van der Waals surface area contributed by atoms with Gasteiger partial charge < -0.3 is 5.32 Å². The molecule has 1 aliphatic carbocycles. The lowest BCUT2D eigenvalue weighted by atomic mass is 10.1. The summed E-state index contributed by atoms with van der Waals surface area (Å²) in [5, 5.41) is 3.60. The minimum Gasteiger partial charge on any atom is -0.311 e. The summed E-state index contributed by atoms with van der Waals surface area (Å²) in [5.41, 5.74) is 4.19. The summed E-state index contributed by atoms with van der Waals surface area (Å²) >= 11 is 2.02. The quantitative estimate of drug-likeness (QED) is 0.840. The third-order valence-corrected chi connectivity index (χ3v) is 4.93. The molecule has 88 valence electrons. The molecule has 1 aliphatic rings. The van der Waals surface area contributed by atoms with Crippen molar-refractivity contribution in [1.82, 2.24) is 5.32 Å². The Bertz CT molecular complexity index is 369. The molecule has 0 aromatic heterocycles. The Morgan fingerprint density at radius 3 is 2.69 bits per heavy atom. The SMILES string of the molecule is CSC1(CNCc2cc(C)ccc2C)CC1. The Balaban J connectivity index is 1.87. The summed E-state index contributed by atoms with van der Waals surface area (Å²) in [6.45, 7) is 6.52. The number of thioether (sulfide) groups is 1. The molecule has 1 aromatic rings. The predicted molar refractivity (Wildman–Crippen MR) is 73.1 cm³/mol. The summed E-state index contributed by atoms with van der Waals surface area (Å²) in [6, 6.07) is 6.69. The van der Waals surface area contributed by atoms with Crippen LogP contribution >= 0.6 is 11.8 Å². The zero-order valence-corrected chi connectivity index (χ0v) is 11.3. The Labute approximate surface area is 103 Å². The molecule has 0 amide bonds. The fraction of sp³-hybridized carbons (Fsp3) is 0.571. The van der Waals surface area contributed by atoms with E-state index >= 15 is 0 Å². The van der Waals surface area contributed by atoms with Gasteiger partial charge in [-0.1, -0.05) is 23.8 Å². The van der Waals surface area contributed by atoms with Crippen molar-refractivity contribution in [3.8, 4) is 0 Å². The minimum absolute atomic E-state index is 0.567. The van der Waals surface area contributed by atoms with Gasteiger partial charge in [-0.25, -0.2) is 0 Å². The highest BCUT2D eigenvalue weighted by atomic mass is 32.2. The topological polar surface area (TPSA) is 12.0 Å². The van der Waals surface area contributed by atoms with Crippen molar-refractivity contribution in [2.45, 2.75) is 38.0 Å². The molecule has 0 bridgehead atoms. The molecule has 1 saturated carbocycles. The van der Waals surface area contributed by atoms with E-state index in [9.17, 15) is 0 Å². The normalized spacial score (nSPS) is 17.4. The van der Waals surface area contributed by atoms with Crippen molar-refractivity contribution in [2.24, 2.45) is 0 Å². The third kappa shape index (κ3) is 2.80. The molecular weight excluding hydrogens is 214 g/mol. The summed E-state index contributed by atoms with van der Waals surface area (Å²) in [4.78, 5) is 0. The first-order chi connectivity index (χ1) is 7.65. The van der Waals surface area contributed by atoms with E-state index in [-0.39, 0.29) is 0 Å². The van der Waals surface area contributed by atoms with Crippen LogP contribution in [0, 0.1) is 13.8 Å². The smallest absolute Gasteiger partial charge is 0.0282 e. The molecule has 2 rings (SSSR count). The second-order valence-electron chi connectivity index (χ2n) is 4.92. The fourth-order valence-electron chi connectivity index (χ4n) is 2.01. The molecule has 1 aromatic carbocycles. The maximum Gasteiger partial charge on any atom is 0.0282 e. The van der Waals surface area contributed by atoms with E-state index < -0.39 is 0 Å². The first kappa shape index (κ1) is 12.0. The Morgan fingerprint density at radius 1 is 1.31 bits per heavy atom. The molecule has 1 nitrogen and oxygen atoms in total. The fourth-order valence-corrected chi connectivity index (χ4v) is 2.76.